The minimum Gasteiger partial charge on any atom is -0.468 e. The number of rotatable bonds is 5. The molecule has 0 aliphatic carbocycles. The van der Waals surface area contributed by atoms with Gasteiger partial charge in [-0.15, -0.1) is 0 Å². The Morgan fingerprint density at radius 3 is 2.94 bits per heavy atom. The second kappa shape index (κ2) is 5.89. The molecule has 1 aromatic heterocycles. The van der Waals surface area contributed by atoms with Crippen molar-refractivity contribution in [2.45, 2.75) is 46.2 Å². The maximum absolute atomic E-state index is 5.44. The summed E-state index contributed by atoms with van der Waals surface area (Å²) in [6.45, 7) is 11.2. The maximum Gasteiger partial charge on any atom is 0.117 e. The Morgan fingerprint density at radius 1 is 1.50 bits per heavy atom. The minimum atomic E-state index is 0.398. The molecule has 0 aromatic carbocycles. The standard InChI is InChI=1S/C15H26N2O/c1-4-17(11-13-7-5-10-18-13)12-14-15(2,3)8-6-9-16-14/h5,7,10,14,16H,4,6,8-9,11-12H2,1-3H3. The van der Waals surface area contributed by atoms with Crippen LogP contribution in [0.25, 0.3) is 0 Å². The highest BCUT2D eigenvalue weighted by Crippen LogP contribution is 2.30. The summed E-state index contributed by atoms with van der Waals surface area (Å²) in [4.78, 5) is 2.46. The first-order valence-corrected chi connectivity index (χ1v) is 7.10. The summed E-state index contributed by atoms with van der Waals surface area (Å²) in [7, 11) is 0. The van der Waals surface area contributed by atoms with E-state index in [2.05, 4.69) is 37.1 Å². The highest BCUT2D eigenvalue weighted by atomic mass is 16.3. The fraction of sp³-hybridized carbons (Fsp3) is 0.733. The molecule has 3 heteroatoms. The lowest BCUT2D eigenvalue weighted by molar-refractivity contribution is 0.122. The Bertz CT molecular complexity index is 345. The fourth-order valence-corrected chi connectivity index (χ4v) is 2.77. The van der Waals surface area contributed by atoms with Crippen LogP contribution in [0.2, 0.25) is 0 Å². The van der Waals surface area contributed by atoms with Gasteiger partial charge >= 0.3 is 0 Å². The van der Waals surface area contributed by atoms with E-state index in [0.717, 1.165) is 31.9 Å². The van der Waals surface area contributed by atoms with Crippen molar-refractivity contribution in [3.05, 3.63) is 24.2 Å². The normalized spacial score (nSPS) is 23.4. The minimum absolute atomic E-state index is 0.398. The molecule has 2 rings (SSSR count). The van der Waals surface area contributed by atoms with Gasteiger partial charge in [0, 0.05) is 12.6 Å². The lowest BCUT2D eigenvalue weighted by Crippen LogP contribution is -2.52. The fourth-order valence-electron chi connectivity index (χ4n) is 2.77. The molecule has 1 fully saturated rings. The van der Waals surface area contributed by atoms with Crippen LogP contribution in [0.15, 0.2) is 22.8 Å². The Kier molecular flexibility index (Phi) is 4.46. The molecule has 0 bridgehead atoms. The topological polar surface area (TPSA) is 28.4 Å². The first-order chi connectivity index (χ1) is 8.62. The molecule has 102 valence electrons. The smallest absolute Gasteiger partial charge is 0.117 e. The van der Waals surface area contributed by atoms with Crippen LogP contribution in [-0.4, -0.2) is 30.6 Å². The predicted octanol–water partition coefficient (Wildman–Crippen LogP) is 2.88. The zero-order valence-electron chi connectivity index (χ0n) is 11.9. The van der Waals surface area contributed by atoms with Crippen LogP contribution in [0.5, 0.6) is 0 Å². The predicted molar refractivity (Wildman–Crippen MR) is 74.5 cm³/mol. The molecule has 1 aromatic rings. The van der Waals surface area contributed by atoms with Crippen LogP contribution in [0.1, 0.15) is 39.4 Å². The average Bonchev–Trinajstić information content (AvgIpc) is 2.83. The molecule has 18 heavy (non-hydrogen) atoms. The van der Waals surface area contributed by atoms with Crippen molar-refractivity contribution < 1.29 is 4.42 Å². The molecule has 0 spiro atoms. The van der Waals surface area contributed by atoms with Crippen molar-refractivity contribution in [2.24, 2.45) is 5.41 Å². The van der Waals surface area contributed by atoms with Crippen LogP contribution in [0, 0.1) is 5.41 Å². The van der Waals surface area contributed by atoms with Crippen LogP contribution >= 0.6 is 0 Å². The molecule has 0 amide bonds. The first-order valence-electron chi connectivity index (χ1n) is 7.10. The van der Waals surface area contributed by atoms with E-state index in [1.165, 1.54) is 12.8 Å². The summed E-state index contributed by atoms with van der Waals surface area (Å²) in [6.07, 6.45) is 4.38. The highest BCUT2D eigenvalue weighted by molar-refractivity contribution is 4.98. The van der Waals surface area contributed by atoms with Gasteiger partial charge < -0.3 is 9.73 Å². The largest absolute Gasteiger partial charge is 0.468 e. The summed E-state index contributed by atoms with van der Waals surface area (Å²) in [6, 6.07) is 4.61. The van der Waals surface area contributed by atoms with Crippen molar-refractivity contribution in [2.75, 3.05) is 19.6 Å². The van der Waals surface area contributed by atoms with Gasteiger partial charge in [0.1, 0.15) is 5.76 Å². The molecule has 0 radical (unpaired) electrons. The molecule has 1 atom stereocenters. The van der Waals surface area contributed by atoms with Gasteiger partial charge in [-0.3, -0.25) is 4.90 Å². The Balaban J connectivity index is 1.93. The third-order valence-electron chi connectivity index (χ3n) is 4.18. The molecule has 0 saturated carbocycles. The van der Waals surface area contributed by atoms with E-state index in [4.69, 9.17) is 4.42 Å². The van der Waals surface area contributed by atoms with Gasteiger partial charge in [-0.05, 0) is 43.5 Å². The van der Waals surface area contributed by atoms with E-state index in [-0.39, 0.29) is 0 Å². The van der Waals surface area contributed by atoms with Crippen molar-refractivity contribution in [1.82, 2.24) is 10.2 Å². The van der Waals surface area contributed by atoms with E-state index in [1.807, 2.05) is 6.07 Å². The number of nitrogens with one attached hydrogen (secondary N) is 1. The van der Waals surface area contributed by atoms with Gasteiger partial charge in [0.05, 0.1) is 12.8 Å². The Hall–Kier alpha value is -0.800. The van der Waals surface area contributed by atoms with E-state index >= 15 is 0 Å². The van der Waals surface area contributed by atoms with E-state index in [0.29, 0.717) is 11.5 Å². The van der Waals surface area contributed by atoms with Crippen LogP contribution < -0.4 is 5.32 Å². The SMILES string of the molecule is CCN(Cc1ccco1)CC1NCCCC1(C)C. The first kappa shape index (κ1) is 13.6. The molecule has 1 saturated heterocycles. The van der Waals surface area contributed by atoms with Gasteiger partial charge in [0.2, 0.25) is 0 Å². The molecule has 2 heterocycles. The van der Waals surface area contributed by atoms with E-state index < -0.39 is 0 Å². The molecular weight excluding hydrogens is 224 g/mol. The average molecular weight is 250 g/mol. The molecule has 1 aliphatic rings. The third-order valence-corrected chi connectivity index (χ3v) is 4.18. The number of likely N-dealkylation sites (N-methyl/N-ethyl adjacent to an activating group) is 1. The number of furan rings is 1. The number of piperidine rings is 1. The van der Waals surface area contributed by atoms with Crippen LogP contribution in [0.4, 0.5) is 0 Å². The van der Waals surface area contributed by atoms with Gasteiger partial charge in [0.25, 0.3) is 0 Å². The molecule has 1 unspecified atom stereocenters. The maximum atomic E-state index is 5.44. The number of hydrogen-bond acceptors (Lipinski definition) is 3. The zero-order chi connectivity index (χ0) is 13.0. The van der Waals surface area contributed by atoms with Gasteiger partial charge in [-0.1, -0.05) is 20.8 Å². The van der Waals surface area contributed by atoms with E-state index in [9.17, 15) is 0 Å². The third kappa shape index (κ3) is 3.36. The zero-order valence-corrected chi connectivity index (χ0v) is 11.9. The monoisotopic (exact) mass is 250 g/mol. The lowest BCUT2D eigenvalue weighted by atomic mass is 9.77. The van der Waals surface area contributed by atoms with E-state index in [1.54, 1.807) is 6.26 Å². The second-order valence-electron chi connectivity index (χ2n) is 6.01. The van der Waals surface area contributed by atoms with Crippen molar-refractivity contribution in [1.29, 1.82) is 0 Å². The summed E-state index contributed by atoms with van der Waals surface area (Å²) >= 11 is 0. The summed E-state index contributed by atoms with van der Waals surface area (Å²) in [5, 5.41) is 3.68. The molecule has 3 nitrogen and oxygen atoms in total. The molecule has 1 aliphatic heterocycles. The highest BCUT2D eigenvalue weighted by Gasteiger charge is 2.32. The second-order valence-corrected chi connectivity index (χ2v) is 6.01. The van der Waals surface area contributed by atoms with Crippen molar-refractivity contribution in [3.63, 3.8) is 0 Å². The summed E-state index contributed by atoms with van der Waals surface area (Å²) in [5.74, 6) is 1.06. The lowest BCUT2D eigenvalue weighted by Gasteiger charge is -2.41. The van der Waals surface area contributed by atoms with Crippen LogP contribution in [0.3, 0.4) is 0 Å². The van der Waals surface area contributed by atoms with Gasteiger partial charge in [-0.2, -0.15) is 0 Å². The van der Waals surface area contributed by atoms with Gasteiger partial charge in [-0.25, -0.2) is 0 Å². The van der Waals surface area contributed by atoms with Crippen molar-refractivity contribution >= 4 is 0 Å². The van der Waals surface area contributed by atoms with Gasteiger partial charge in [0.15, 0.2) is 0 Å². The Morgan fingerprint density at radius 2 is 2.33 bits per heavy atom. The number of hydrogen-bond donors (Lipinski definition) is 1. The molecule has 1 N–H and O–H groups in total. The Labute approximate surface area is 111 Å². The summed E-state index contributed by atoms with van der Waals surface area (Å²) < 4.78 is 5.44. The quantitative estimate of drug-likeness (QED) is 0.871. The molecular formula is C15H26N2O. The van der Waals surface area contributed by atoms with Crippen molar-refractivity contribution in [3.8, 4) is 0 Å². The number of nitrogens with zero attached hydrogens (tertiary/aromatic N) is 1. The van der Waals surface area contributed by atoms with Crippen LogP contribution in [-0.2, 0) is 6.54 Å². The summed E-state index contributed by atoms with van der Waals surface area (Å²) in [5.41, 5.74) is 0.398.